The first-order valence-corrected chi connectivity index (χ1v) is 10.4. The number of aromatic nitrogens is 3. The van der Waals surface area contributed by atoms with Crippen LogP contribution in [-0.2, 0) is 13.0 Å². The summed E-state index contributed by atoms with van der Waals surface area (Å²) in [6, 6.07) is 7.79. The average Bonchev–Trinajstić information content (AvgIpc) is 3.28. The Morgan fingerprint density at radius 1 is 1.21 bits per heavy atom. The molecule has 2 aliphatic rings. The van der Waals surface area contributed by atoms with E-state index in [1.807, 2.05) is 6.20 Å². The van der Waals surface area contributed by atoms with Crippen molar-refractivity contribution < 1.29 is 0 Å². The fourth-order valence-electron chi connectivity index (χ4n) is 5.24. The molecule has 1 saturated heterocycles. The van der Waals surface area contributed by atoms with Crippen molar-refractivity contribution in [3.05, 3.63) is 59.3 Å². The molecule has 29 heavy (non-hydrogen) atoms. The van der Waals surface area contributed by atoms with Gasteiger partial charge in [0.1, 0.15) is 0 Å². The number of hydrogen-bond acceptors (Lipinski definition) is 4. The summed E-state index contributed by atoms with van der Waals surface area (Å²) in [5, 5.41) is 1.46. The molecule has 0 radical (unpaired) electrons. The predicted molar refractivity (Wildman–Crippen MR) is 119 cm³/mol. The van der Waals surface area contributed by atoms with Crippen molar-refractivity contribution in [1.29, 1.82) is 0 Å². The van der Waals surface area contributed by atoms with Crippen molar-refractivity contribution in [2.24, 2.45) is 0 Å². The van der Waals surface area contributed by atoms with E-state index in [1.165, 1.54) is 42.4 Å². The lowest BCUT2D eigenvalue weighted by atomic mass is 9.95. The Morgan fingerprint density at radius 3 is 2.83 bits per heavy atom. The normalized spacial score (nSPS) is 19.8. The van der Waals surface area contributed by atoms with Gasteiger partial charge < -0.3 is 4.57 Å². The molecule has 1 aromatic carbocycles. The molecule has 0 spiro atoms. The third-order valence-corrected chi connectivity index (χ3v) is 6.61. The topological polar surface area (TPSA) is 37.2 Å². The summed E-state index contributed by atoms with van der Waals surface area (Å²) in [4.78, 5) is 13.9. The van der Waals surface area contributed by atoms with Crippen LogP contribution >= 0.6 is 0 Å². The molecular weight excluding hydrogens is 358 g/mol. The minimum Gasteiger partial charge on any atom is -0.342 e. The highest BCUT2D eigenvalue weighted by molar-refractivity contribution is 5.87. The van der Waals surface area contributed by atoms with Crippen molar-refractivity contribution in [3.8, 4) is 0 Å². The van der Waals surface area contributed by atoms with Crippen LogP contribution in [0, 0.1) is 6.92 Å². The molecule has 2 atom stereocenters. The van der Waals surface area contributed by atoms with Crippen LogP contribution in [0.5, 0.6) is 0 Å². The van der Waals surface area contributed by atoms with Gasteiger partial charge in [-0.2, -0.15) is 0 Å². The van der Waals surface area contributed by atoms with Gasteiger partial charge in [-0.15, -0.1) is 0 Å². The second-order valence-electron chi connectivity index (χ2n) is 8.55. The highest BCUT2D eigenvalue weighted by atomic mass is 15.2. The summed E-state index contributed by atoms with van der Waals surface area (Å²) in [5.74, 6) is 0. The van der Waals surface area contributed by atoms with Gasteiger partial charge in [-0.05, 0) is 58.1 Å². The number of hydrogen-bond donors (Lipinski definition) is 0. The Hall–Kier alpha value is -2.24. The van der Waals surface area contributed by atoms with Crippen molar-refractivity contribution in [3.63, 3.8) is 0 Å². The first-order valence-electron chi connectivity index (χ1n) is 10.4. The fourth-order valence-corrected chi connectivity index (χ4v) is 5.24. The van der Waals surface area contributed by atoms with Gasteiger partial charge in [-0.3, -0.25) is 19.8 Å². The van der Waals surface area contributed by atoms with Gasteiger partial charge in [-0.1, -0.05) is 19.1 Å². The van der Waals surface area contributed by atoms with Gasteiger partial charge in [0.2, 0.25) is 0 Å². The second-order valence-corrected chi connectivity index (χ2v) is 8.55. The lowest BCUT2D eigenvalue weighted by Crippen LogP contribution is -2.32. The third-order valence-electron chi connectivity index (χ3n) is 6.61. The molecule has 2 unspecified atom stereocenters. The van der Waals surface area contributed by atoms with E-state index < -0.39 is 0 Å². The van der Waals surface area contributed by atoms with Gasteiger partial charge in [0, 0.05) is 54.5 Å². The molecule has 2 aromatic heterocycles. The molecule has 0 N–H and O–H groups in total. The monoisotopic (exact) mass is 391 g/mol. The number of nitrogens with zero attached hydrogens (tertiary/aromatic N) is 5. The summed E-state index contributed by atoms with van der Waals surface area (Å²) in [6.45, 7) is 5.56. The van der Waals surface area contributed by atoms with E-state index >= 15 is 0 Å². The molecule has 0 aliphatic carbocycles. The van der Waals surface area contributed by atoms with E-state index in [9.17, 15) is 0 Å². The highest BCUT2D eigenvalue weighted by Crippen LogP contribution is 2.43. The molecule has 0 amide bonds. The average molecular weight is 392 g/mol. The Morgan fingerprint density at radius 2 is 2.07 bits per heavy atom. The van der Waals surface area contributed by atoms with Crippen molar-refractivity contribution >= 4 is 10.9 Å². The number of likely N-dealkylation sites (N-methyl/N-ethyl adjacent to an activating group) is 1. The molecular formula is C24H33N5. The number of benzene rings is 1. The Labute approximate surface area is 174 Å². The highest BCUT2D eigenvalue weighted by Gasteiger charge is 2.35. The summed E-state index contributed by atoms with van der Waals surface area (Å²) in [5.41, 5.74) is 6.90. The Balaban J connectivity index is 0.00000205. The number of fused-ring (bicyclic) bond motifs is 5. The Kier molecular flexibility index (Phi) is 5.45. The molecule has 3 aromatic rings. The van der Waals surface area contributed by atoms with E-state index in [2.05, 4.69) is 63.6 Å². The zero-order chi connectivity index (χ0) is 19.3. The quantitative estimate of drug-likeness (QED) is 0.662. The van der Waals surface area contributed by atoms with Gasteiger partial charge >= 0.3 is 0 Å². The Bertz CT molecular complexity index is 991. The lowest BCUT2D eigenvalue weighted by Gasteiger charge is -2.32. The van der Waals surface area contributed by atoms with Gasteiger partial charge in [0.15, 0.2) is 0 Å². The van der Waals surface area contributed by atoms with Crippen LogP contribution in [0.1, 0.15) is 54.9 Å². The van der Waals surface area contributed by atoms with E-state index in [1.54, 1.807) is 23.7 Å². The standard InChI is InChI=1S/C23H29N5.CH4/c1-16-6-7-19-17(13-16)23-20-5-4-11-27(20)12-8-21(23)28(19)15-22(26(2)3)18-14-24-9-10-25-18;/h6-7,9-10,13-14,20,22H,4-5,8,11-12,15H2,1-3H3;1H4. The van der Waals surface area contributed by atoms with Crippen molar-refractivity contribution in [2.75, 3.05) is 27.2 Å². The largest absolute Gasteiger partial charge is 0.342 e. The lowest BCUT2D eigenvalue weighted by molar-refractivity contribution is 0.234. The van der Waals surface area contributed by atoms with Gasteiger partial charge in [0.05, 0.1) is 17.9 Å². The van der Waals surface area contributed by atoms with Crippen LogP contribution in [0.4, 0.5) is 0 Å². The van der Waals surface area contributed by atoms with E-state index in [-0.39, 0.29) is 13.5 Å². The first-order chi connectivity index (χ1) is 13.6. The molecule has 2 aliphatic heterocycles. The third kappa shape index (κ3) is 3.36. The summed E-state index contributed by atoms with van der Waals surface area (Å²) in [7, 11) is 4.28. The number of rotatable bonds is 4. The van der Waals surface area contributed by atoms with Crippen LogP contribution in [0.25, 0.3) is 10.9 Å². The van der Waals surface area contributed by atoms with Crippen molar-refractivity contribution in [2.45, 2.75) is 52.2 Å². The maximum Gasteiger partial charge on any atom is 0.0776 e. The van der Waals surface area contributed by atoms with Crippen LogP contribution in [0.3, 0.4) is 0 Å². The van der Waals surface area contributed by atoms with Crippen molar-refractivity contribution in [1.82, 2.24) is 24.3 Å². The number of aryl methyl sites for hydroxylation is 1. The molecule has 0 saturated carbocycles. The minimum absolute atomic E-state index is 0. The van der Waals surface area contributed by atoms with Crippen LogP contribution in [-0.4, -0.2) is 51.5 Å². The smallest absolute Gasteiger partial charge is 0.0776 e. The zero-order valence-electron chi connectivity index (χ0n) is 17.1. The molecule has 154 valence electrons. The molecule has 1 fully saturated rings. The summed E-state index contributed by atoms with van der Waals surface area (Å²) in [6.07, 6.45) is 9.21. The summed E-state index contributed by atoms with van der Waals surface area (Å²) >= 11 is 0. The maximum atomic E-state index is 4.61. The molecule has 5 rings (SSSR count). The van der Waals surface area contributed by atoms with Crippen LogP contribution < -0.4 is 0 Å². The van der Waals surface area contributed by atoms with Crippen LogP contribution in [0.2, 0.25) is 0 Å². The predicted octanol–water partition coefficient (Wildman–Crippen LogP) is 4.37. The minimum atomic E-state index is 0. The molecule has 5 heteroatoms. The maximum absolute atomic E-state index is 4.61. The van der Waals surface area contributed by atoms with E-state index in [0.717, 1.165) is 18.7 Å². The zero-order valence-corrected chi connectivity index (χ0v) is 17.1. The van der Waals surface area contributed by atoms with Gasteiger partial charge in [0.25, 0.3) is 0 Å². The van der Waals surface area contributed by atoms with Gasteiger partial charge in [-0.25, -0.2) is 0 Å². The summed E-state index contributed by atoms with van der Waals surface area (Å²) < 4.78 is 2.58. The van der Waals surface area contributed by atoms with E-state index in [4.69, 9.17) is 0 Å². The SMILES string of the molecule is C.Cc1ccc2c(c1)c1c(n2CC(c2cnccn2)N(C)C)CCN2CCCC12. The molecule has 5 nitrogen and oxygen atoms in total. The molecule has 4 heterocycles. The fraction of sp³-hybridized carbons (Fsp3) is 0.500. The molecule has 0 bridgehead atoms. The first kappa shape index (κ1) is 20.0. The van der Waals surface area contributed by atoms with Crippen LogP contribution in [0.15, 0.2) is 36.8 Å². The van der Waals surface area contributed by atoms with E-state index in [0.29, 0.717) is 6.04 Å². The second kappa shape index (κ2) is 7.88.